The third kappa shape index (κ3) is 3.99. The van der Waals surface area contributed by atoms with Gasteiger partial charge in [0.05, 0.1) is 5.56 Å². The number of thioether (sulfide) groups is 1. The van der Waals surface area contributed by atoms with Crippen molar-refractivity contribution < 1.29 is 9.90 Å². The number of aryl methyl sites for hydroxylation is 1. The maximum atomic E-state index is 11.2. The molecule has 0 radical (unpaired) electrons. The molecule has 1 rings (SSSR count). The first-order valence-corrected chi connectivity index (χ1v) is 7.12. The summed E-state index contributed by atoms with van der Waals surface area (Å²) in [5.41, 5.74) is 1.10. The molecule has 0 aromatic carbocycles. The minimum atomic E-state index is -0.897. The van der Waals surface area contributed by atoms with E-state index in [0.29, 0.717) is 10.6 Å². The lowest BCUT2D eigenvalue weighted by Gasteiger charge is -2.17. The molecule has 0 aliphatic rings. The van der Waals surface area contributed by atoms with Gasteiger partial charge in [-0.25, -0.2) is 9.78 Å². The summed E-state index contributed by atoms with van der Waals surface area (Å²) in [6, 6.07) is 1.73. The fraction of sp³-hybridized carbons (Fsp3) is 0.538. The maximum absolute atomic E-state index is 11.2. The van der Waals surface area contributed by atoms with E-state index in [0.717, 1.165) is 31.0 Å². The highest BCUT2D eigenvalue weighted by atomic mass is 32.2. The summed E-state index contributed by atoms with van der Waals surface area (Å²) in [7, 11) is 0. The van der Waals surface area contributed by atoms with Crippen LogP contribution in [0.3, 0.4) is 0 Å². The Morgan fingerprint density at radius 1 is 1.44 bits per heavy atom. The van der Waals surface area contributed by atoms with Crippen LogP contribution >= 0.6 is 11.8 Å². The van der Waals surface area contributed by atoms with Gasteiger partial charge < -0.3 is 10.0 Å². The van der Waals surface area contributed by atoms with Gasteiger partial charge in [-0.2, -0.15) is 0 Å². The summed E-state index contributed by atoms with van der Waals surface area (Å²) < 4.78 is 0. The third-order valence-electron chi connectivity index (χ3n) is 2.88. The smallest absolute Gasteiger partial charge is 0.338 e. The first-order chi connectivity index (χ1) is 8.60. The summed E-state index contributed by atoms with van der Waals surface area (Å²) in [5.74, 6) is -0.0377. The normalized spacial score (nSPS) is 10.9. The zero-order valence-corrected chi connectivity index (χ0v) is 12.0. The summed E-state index contributed by atoms with van der Waals surface area (Å²) in [6.45, 7) is 9.05. The molecule has 0 fully saturated rings. The van der Waals surface area contributed by atoms with E-state index in [9.17, 15) is 9.90 Å². The van der Waals surface area contributed by atoms with Crippen molar-refractivity contribution >= 4 is 17.7 Å². The van der Waals surface area contributed by atoms with E-state index >= 15 is 0 Å². The van der Waals surface area contributed by atoms with E-state index < -0.39 is 5.97 Å². The minimum absolute atomic E-state index is 0.335. The van der Waals surface area contributed by atoms with Crippen molar-refractivity contribution in [2.45, 2.75) is 25.8 Å². The fourth-order valence-corrected chi connectivity index (χ4v) is 2.79. The van der Waals surface area contributed by atoms with Gasteiger partial charge in [-0.05, 0) is 31.6 Å². The van der Waals surface area contributed by atoms with Crippen LogP contribution in [-0.2, 0) is 0 Å². The molecule has 18 heavy (non-hydrogen) atoms. The van der Waals surface area contributed by atoms with E-state index in [4.69, 9.17) is 0 Å². The van der Waals surface area contributed by atoms with Gasteiger partial charge in [0.25, 0.3) is 0 Å². The molecule has 0 spiro atoms. The molecule has 0 saturated carbocycles. The second-order valence-corrected chi connectivity index (χ2v) is 5.07. The minimum Gasteiger partial charge on any atom is -0.478 e. The highest BCUT2D eigenvalue weighted by Gasteiger charge is 2.14. The fourth-order valence-electron chi connectivity index (χ4n) is 1.71. The molecular formula is C13H20N2O2S. The van der Waals surface area contributed by atoms with E-state index in [1.165, 1.54) is 11.8 Å². The van der Waals surface area contributed by atoms with Crippen molar-refractivity contribution in [3.8, 4) is 0 Å². The van der Waals surface area contributed by atoms with Gasteiger partial charge in [0.2, 0.25) is 0 Å². The van der Waals surface area contributed by atoms with Crippen LogP contribution in [-0.4, -0.2) is 46.3 Å². The molecule has 0 amide bonds. The van der Waals surface area contributed by atoms with Gasteiger partial charge in [0, 0.05) is 18.5 Å². The van der Waals surface area contributed by atoms with Crippen LogP contribution in [0.15, 0.2) is 17.3 Å². The Balaban J connectivity index is 2.67. The number of hydrogen-bond donors (Lipinski definition) is 1. The molecule has 1 N–H and O–H groups in total. The second kappa shape index (κ2) is 7.38. The Morgan fingerprint density at radius 3 is 2.67 bits per heavy atom. The van der Waals surface area contributed by atoms with Crippen molar-refractivity contribution in [2.75, 3.05) is 25.4 Å². The van der Waals surface area contributed by atoms with Crippen LogP contribution < -0.4 is 0 Å². The molecular weight excluding hydrogens is 248 g/mol. The third-order valence-corrected chi connectivity index (χ3v) is 3.85. The number of hydrogen-bond acceptors (Lipinski definition) is 4. The molecule has 4 nitrogen and oxygen atoms in total. The first-order valence-electron chi connectivity index (χ1n) is 6.14. The summed E-state index contributed by atoms with van der Waals surface area (Å²) in [6.07, 6.45) is 1.67. The van der Waals surface area contributed by atoms with Gasteiger partial charge >= 0.3 is 5.97 Å². The average Bonchev–Trinajstić information content (AvgIpc) is 2.34. The first kappa shape index (κ1) is 15.0. The molecule has 5 heteroatoms. The Hall–Kier alpha value is -1.07. The van der Waals surface area contributed by atoms with Crippen molar-refractivity contribution in [1.29, 1.82) is 0 Å². The predicted octanol–water partition coefficient (Wildman–Crippen LogP) is 2.52. The molecule has 1 aromatic heterocycles. The van der Waals surface area contributed by atoms with E-state index in [1.807, 2.05) is 0 Å². The SMILES string of the molecule is CCN(CC)CCSc1nccc(C)c1C(=O)O. The molecule has 0 bridgehead atoms. The van der Waals surface area contributed by atoms with Gasteiger partial charge in [-0.3, -0.25) is 0 Å². The Bertz CT molecular complexity index is 406. The number of nitrogens with zero attached hydrogens (tertiary/aromatic N) is 2. The lowest BCUT2D eigenvalue weighted by Crippen LogP contribution is -2.25. The highest BCUT2D eigenvalue weighted by molar-refractivity contribution is 7.99. The standard InChI is InChI=1S/C13H20N2O2S/c1-4-15(5-2)8-9-18-12-11(13(16)17)10(3)6-7-14-12/h6-7H,4-5,8-9H2,1-3H3,(H,16,17). The van der Waals surface area contributed by atoms with Crippen LogP contribution in [0.1, 0.15) is 29.8 Å². The second-order valence-electron chi connectivity index (χ2n) is 3.99. The van der Waals surface area contributed by atoms with Crippen LogP contribution in [0.2, 0.25) is 0 Å². The lowest BCUT2D eigenvalue weighted by atomic mass is 10.2. The van der Waals surface area contributed by atoms with Gasteiger partial charge in [0.1, 0.15) is 5.03 Å². The van der Waals surface area contributed by atoms with Crippen molar-refractivity contribution in [2.24, 2.45) is 0 Å². The predicted molar refractivity (Wildman–Crippen MR) is 74.4 cm³/mol. The number of aromatic nitrogens is 1. The number of carboxylic acid groups (broad SMARTS) is 1. The number of aromatic carboxylic acids is 1. The summed E-state index contributed by atoms with van der Waals surface area (Å²) in [4.78, 5) is 17.7. The molecule has 1 heterocycles. The number of rotatable bonds is 7. The van der Waals surface area contributed by atoms with Crippen LogP contribution in [0.5, 0.6) is 0 Å². The largest absolute Gasteiger partial charge is 0.478 e. The van der Waals surface area contributed by atoms with Gasteiger partial charge in [0.15, 0.2) is 0 Å². The molecule has 0 unspecified atom stereocenters. The number of carbonyl (C=O) groups is 1. The number of carboxylic acids is 1. The summed E-state index contributed by atoms with van der Waals surface area (Å²) in [5, 5.41) is 9.80. The van der Waals surface area contributed by atoms with Crippen LogP contribution in [0.4, 0.5) is 0 Å². The zero-order chi connectivity index (χ0) is 13.5. The van der Waals surface area contributed by atoms with E-state index in [1.54, 1.807) is 19.2 Å². The van der Waals surface area contributed by atoms with Crippen molar-refractivity contribution in [3.05, 3.63) is 23.4 Å². The Kier molecular flexibility index (Phi) is 6.15. The van der Waals surface area contributed by atoms with E-state index in [-0.39, 0.29) is 0 Å². The van der Waals surface area contributed by atoms with Crippen molar-refractivity contribution in [3.63, 3.8) is 0 Å². The molecule has 1 aromatic rings. The molecule has 0 aliphatic carbocycles. The summed E-state index contributed by atoms with van der Waals surface area (Å²) >= 11 is 1.51. The number of pyridine rings is 1. The Morgan fingerprint density at radius 2 is 2.11 bits per heavy atom. The topological polar surface area (TPSA) is 53.4 Å². The molecule has 0 aliphatic heterocycles. The quantitative estimate of drug-likeness (QED) is 0.770. The van der Waals surface area contributed by atoms with E-state index in [2.05, 4.69) is 23.7 Å². The molecule has 0 atom stereocenters. The average molecular weight is 268 g/mol. The molecule has 100 valence electrons. The van der Waals surface area contributed by atoms with Gasteiger partial charge in [-0.1, -0.05) is 13.8 Å². The maximum Gasteiger partial charge on any atom is 0.338 e. The monoisotopic (exact) mass is 268 g/mol. The van der Waals surface area contributed by atoms with Crippen LogP contribution in [0, 0.1) is 6.92 Å². The van der Waals surface area contributed by atoms with Gasteiger partial charge in [-0.15, -0.1) is 11.8 Å². The lowest BCUT2D eigenvalue weighted by molar-refractivity contribution is 0.0691. The molecule has 0 saturated heterocycles. The zero-order valence-electron chi connectivity index (χ0n) is 11.1. The van der Waals surface area contributed by atoms with Crippen LogP contribution in [0.25, 0.3) is 0 Å². The highest BCUT2D eigenvalue weighted by Crippen LogP contribution is 2.22. The van der Waals surface area contributed by atoms with Crippen molar-refractivity contribution in [1.82, 2.24) is 9.88 Å². The Labute approximate surface area is 112 Å².